The molecule has 0 aromatic carbocycles. The number of rotatable bonds is 6. The van der Waals surface area contributed by atoms with Crippen molar-refractivity contribution in [2.75, 3.05) is 7.05 Å². The Balaban J connectivity index is 1.51. The molecular formula is C20H35N5S. The topological polar surface area (TPSA) is 46.8 Å². The number of hydrogen-bond acceptors (Lipinski definition) is 4. The van der Waals surface area contributed by atoms with Gasteiger partial charge in [-0.05, 0) is 60.8 Å². The zero-order valence-electron chi connectivity index (χ0n) is 16.7. The molecule has 1 heterocycles. The number of hydrogen-bond donors (Lipinski definition) is 0. The molecule has 146 valence electrons. The first kappa shape index (κ1) is 19.7. The van der Waals surface area contributed by atoms with E-state index in [-0.39, 0.29) is 0 Å². The first-order valence-corrected chi connectivity index (χ1v) is 11.0. The highest BCUT2D eigenvalue weighted by atomic mass is 32.1. The van der Waals surface area contributed by atoms with E-state index in [1.807, 2.05) is 0 Å². The minimum absolute atomic E-state index is 0.459. The second-order valence-electron chi connectivity index (χ2n) is 8.65. The van der Waals surface area contributed by atoms with Gasteiger partial charge in [0.15, 0.2) is 5.82 Å². The van der Waals surface area contributed by atoms with Crippen LogP contribution in [0.4, 0.5) is 0 Å². The standard InChI is InChI=1S/C20H35N5S/c1-15-12-13-16(2)18(14-15)25-19(21-22-23-25)10-7-11-20(26)24(3)17-8-5-4-6-9-17/h15-18H,4-14H2,1-3H3. The van der Waals surface area contributed by atoms with Crippen LogP contribution < -0.4 is 0 Å². The second kappa shape index (κ2) is 9.25. The zero-order chi connectivity index (χ0) is 18.5. The summed E-state index contributed by atoms with van der Waals surface area (Å²) in [6.07, 6.45) is 13.4. The van der Waals surface area contributed by atoms with E-state index in [0.717, 1.165) is 36.0 Å². The Morgan fingerprint density at radius 3 is 2.69 bits per heavy atom. The predicted molar refractivity (Wildman–Crippen MR) is 109 cm³/mol. The molecule has 26 heavy (non-hydrogen) atoms. The first-order chi connectivity index (χ1) is 12.6. The largest absolute Gasteiger partial charge is 0.366 e. The molecule has 0 bridgehead atoms. The molecule has 0 saturated heterocycles. The molecule has 5 nitrogen and oxygen atoms in total. The summed E-state index contributed by atoms with van der Waals surface area (Å²) >= 11 is 5.71. The summed E-state index contributed by atoms with van der Waals surface area (Å²) in [7, 11) is 2.19. The minimum Gasteiger partial charge on any atom is -0.366 e. The fraction of sp³-hybridized carbons (Fsp3) is 0.900. The number of aryl methyl sites for hydroxylation is 1. The molecule has 0 radical (unpaired) electrons. The number of thiocarbonyl (C=S) groups is 1. The van der Waals surface area contributed by atoms with Gasteiger partial charge in [-0.1, -0.05) is 51.7 Å². The van der Waals surface area contributed by atoms with E-state index in [2.05, 4.69) is 46.0 Å². The summed E-state index contributed by atoms with van der Waals surface area (Å²) in [4.78, 5) is 3.47. The van der Waals surface area contributed by atoms with Crippen molar-refractivity contribution in [2.24, 2.45) is 11.8 Å². The van der Waals surface area contributed by atoms with Crippen molar-refractivity contribution in [3.05, 3.63) is 5.82 Å². The molecule has 0 amide bonds. The van der Waals surface area contributed by atoms with Gasteiger partial charge >= 0.3 is 0 Å². The lowest BCUT2D eigenvalue weighted by Gasteiger charge is -2.33. The molecule has 0 N–H and O–H groups in total. The van der Waals surface area contributed by atoms with Gasteiger partial charge in [-0.2, -0.15) is 0 Å². The number of aromatic nitrogens is 4. The second-order valence-corrected chi connectivity index (χ2v) is 9.12. The van der Waals surface area contributed by atoms with Gasteiger partial charge in [0.1, 0.15) is 0 Å². The maximum atomic E-state index is 5.71. The van der Waals surface area contributed by atoms with Gasteiger partial charge < -0.3 is 4.90 Å². The van der Waals surface area contributed by atoms with Crippen molar-refractivity contribution >= 4 is 17.2 Å². The smallest absolute Gasteiger partial charge is 0.151 e. The van der Waals surface area contributed by atoms with Crippen LogP contribution in [-0.2, 0) is 6.42 Å². The van der Waals surface area contributed by atoms with Crippen LogP contribution in [0.25, 0.3) is 0 Å². The van der Waals surface area contributed by atoms with Gasteiger partial charge in [-0.3, -0.25) is 0 Å². The fourth-order valence-corrected chi connectivity index (χ4v) is 5.02. The van der Waals surface area contributed by atoms with Crippen LogP contribution in [0.2, 0.25) is 0 Å². The lowest BCUT2D eigenvalue weighted by molar-refractivity contribution is 0.187. The van der Waals surface area contributed by atoms with Crippen molar-refractivity contribution < 1.29 is 0 Å². The van der Waals surface area contributed by atoms with Crippen LogP contribution in [0, 0.1) is 11.8 Å². The Morgan fingerprint density at radius 1 is 1.15 bits per heavy atom. The van der Waals surface area contributed by atoms with Crippen LogP contribution in [0.3, 0.4) is 0 Å². The van der Waals surface area contributed by atoms with E-state index in [0.29, 0.717) is 18.0 Å². The molecule has 3 unspecified atom stereocenters. The summed E-state index contributed by atoms with van der Waals surface area (Å²) in [5.41, 5.74) is 0. The number of nitrogens with zero attached hydrogens (tertiary/aromatic N) is 5. The molecule has 1 aromatic rings. The Hall–Kier alpha value is -1.04. The highest BCUT2D eigenvalue weighted by Crippen LogP contribution is 2.36. The van der Waals surface area contributed by atoms with Gasteiger partial charge in [0.25, 0.3) is 0 Å². The summed E-state index contributed by atoms with van der Waals surface area (Å²) in [6.45, 7) is 4.69. The van der Waals surface area contributed by atoms with E-state index in [9.17, 15) is 0 Å². The normalized spacial score (nSPS) is 27.4. The van der Waals surface area contributed by atoms with Gasteiger partial charge in [0.2, 0.25) is 0 Å². The molecular weight excluding hydrogens is 342 g/mol. The lowest BCUT2D eigenvalue weighted by Crippen LogP contribution is -2.37. The average Bonchev–Trinajstić information content (AvgIpc) is 3.12. The molecule has 3 atom stereocenters. The van der Waals surface area contributed by atoms with Crippen molar-refractivity contribution in [1.82, 2.24) is 25.1 Å². The highest BCUT2D eigenvalue weighted by Gasteiger charge is 2.29. The third-order valence-electron chi connectivity index (χ3n) is 6.60. The molecule has 2 fully saturated rings. The van der Waals surface area contributed by atoms with E-state index in [4.69, 9.17) is 12.2 Å². The van der Waals surface area contributed by atoms with Crippen molar-refractivity contribution in [3.8, 4) is 0 Å². The predicted octanol–water partition coefficient (Wildman–Crippen LogP) is 4.58. The molecule has 6 heteroatoms. The van der Waals surface area contributed by atoms with Crippen LogP contribution in [-0.4, -0.2) is 43.2 Å². The molecule has 0 aliphatic heterocycles. The molecule has 2 aliphatic carbocycles. The van der Waals surface area contributed by atoms with Crippen LogP contribution in [0.15, 0.2) is 0 Å². The van der Waals surface area contributed by atoms with E-state index >= 15 is 0 Å². The Morgan fingerprint density at radius 2 is 1.92 bits per heavy atom. The summed E-state index contributed by atoms with van der Waals surface area (Å²) in [6, 6.07) is 1.12. The fourth-order valence-electron chi connectivity index (χ4n) is 4.72. The van der Waals surface area contributed by atoms with Crippen molar-refractivity contribution in [2.45, 2.75) is 96.6 Å². The van der Waals surface area contributed by atoms with E-state index < -0.39 is 0 Å². The first-order valence-electron chi connectivity index (χ1n) is 10.6. The van der Waals surface area contributed by atoms with Crippen LogP contribution >= 0.6 is 12.2 Å². The molecule has 2 aliphatic rings. The molecule has 1 aromatic heterocycles. The summed E-state index contributed by atoms with van der Waals surface area (Å²) in [5.74, 6) is 2.47. The molecule has 3 rings (SSSR count). The quantitative estimate of drug-likeness (QED) is 0.679. The highest BCUT2D eigenvalue weighted by molar-refractivity contribution is 7.80. The third kappa shape index (κ3) is 4.81. The minimum atomic E-state index is 0.459. The van der Waals surface area contributed by atoms with Crippen LogP contribution in [0.5, 0.6) is 0 Å². The monoisotopic (exact) mass is 377 g/mol. The Bertz CT molecular complexity index is 581. The third-order valence-corrected chi connectivity index (χ3v) is 7.09. The molecule has 2 saturated carbocycles. The Labute approximate surface area is 163 Å². The maximum Gasteiger partial charge on any atom is 0.151 e. The van der Waals surface area contributed by atoms with Gasteiger partial charge in [-0.15, -0.1) is 5.10 Å². The maximum absolute atomic E-state index is 5.71. The average molecular weight is 378 g/mol. The summed E-state index contributed by atoms with van der Waals surface area (Å²) in [5, 5.41) is 12.7. The summed E-state index contributed by atoms with van der Waals surface area (Å²) < 4.78 is 2.12. The lowest BCUT2D eigenvalue weighted by atomic mass is 9.80. The van der Waals surface area contributed by atoms with Gasteiger partial charge in [0.05, 0.1) is 11.0 Å². The number of tetrazole rings is 1. The van der Waals surface area contributed by atoms with Crippen molar-refractivity contribution in [3.63, 3.8) is 0 Å². The van der Waals surface area contributed by atoms with Crippen LogP contribution in [0.1, 0.15) is 89.9 Å². The van der Waals surface area contributed by atoms with Crippen molar-refractivity contribution in [1.29, 1.82) is 0 Å². The van der Waals surface area contributed by atoms with E-state index in [1.54, 1.807) is 0 Å². The van der Waals surface area contributed by atoms with Gasteiger partial charge in [-0.25, -0.2) is 4.68 Å². The SMILES string of the molecule is CC1CCC(C)C(n2nnnc2CCCC(=S)N(C)C2CCCCC2)C1. The molecule has 0 spiro atoms. The zero-order valence-corrected chi connectivity index (χ0v) is 17.5. The van der Waals surface area contributed by atoms with Gasteiger partial charge in [0, 0.05) is 19.5 Å². The van der Waals surface area contributed by atoms with E-state index in [1.165, 1.54) is 51.4 Å². The Kier molecular flexibility index (Phi) is 7.01.